The first-order valence-electron chi connectivity index (χ1n) is 6.86. The van der Waals surface area contributed by atoms with E-state index in [1.165, 1.54) is 6.92 Å². The number of carbonyl (C=O) groups excluding carboxylic acids is 1. The number of phenols is 1. The van der Waals surface area contributed by atoms with Crippen LogP contribution in [0.5, 0.6) is 11.5 Å². The molecule has 0 aromatic heterocycles. The summed E-state index contributed by atoms with van der Waals surface area (Å²) < 4.78 is 6.00. The Morgan fingerprint density at radius 2 is 1.73 bits per heavy atom. The minimum absolute atomic E-state index is 0.157. The first-order chi connectivity index (χ1) is 10.4. The van der Waals surface area contributed by atoms with Crippen LogP contribution in [0.4, 0.5) is 0 Å². The molecule has 0 radical (unpaired) electrons. The van der Waals surface area contributed by atoms with Crippen molar-refractivity contribution < 1.29 is 14.6 Å². The normalized spacial score (nSPS) is 11.8. The molecule has 4 nitrogen and oxygen atoms in total. The molecule has 116 valence electrons. The van der Waals surface area contributed by atoms with Crippen LogP contribution < -0.4 is 10.1 Å². The molecule has 0 heterocycles. The van der Waals surface area contributed by atoms with Crippen molar-refractivity contribution in [3.63, 3.8) is 0 Å². The second-order valence-electron chi connectivity index (χ2n) is 5.16. The maximum absolute atomic E-state index is 11.4. The van der Waals surface area contributed by atoms with Gasteiger partial charge < -0.3 is 15.2 Å². The number of hydrogen-bond acceptors (Lipinski definition) is 3. The van der Waals surface area contributed by atoms with E-state index in [1.54, 1.807) is 24.3 Å². The summed E-state index contributed by atoms with van der Waals surface area (Å²) >= 11 is 6.02. The van der Waals surface area contributed by atoms with Crippen LogP contribution in [0, 0.1) is 13.8 Å². The third-order valence-electron chi connectivity index (χ3n) is 3.19. The zero-order chi connectivity index (χ0) is 16.3. The molecule has 0 saturated carbocycles. The Morgan fingerprint density at radius 1 is 1.18 bits per heavy atom. The first kappa shape index (κ1) is 16.2. The summed E-state index contributed by atoms with van der Waals surface area (Å²) in [5.74, 6) is 0.628. The van der Waals surface area contributed by atoms with Gasteiger partial charge in [-0.2, -0.15) is 0 Å². The zero-order valence-corrected chi connectivity index (χ0v) is 13.4. The minimum Gasteiger partial charge on any atom is -0.508 e. The molecule has 2 aromatic rings. The monoisotopic (exact) mass is 319 g/mol. The molecule has 2 rings (SSSR count). The summed E-state index contributed by atoms with van der Waals surface area (Å²) in [6.07, 6.45) is -0.642. The Kier molecular flexibility index (Phi) is 4.93. The highest BCUT2D eigenvalue weighted by Crippen LogP contribution is 2.30. The molecule has 0 bridgehead atoms. The Morgan fingerprint density at radius 3 is 2.23 bits per heavy atom. The van der Waals surface area contributed by atoms with E-state index in [0.29, 0.717) is 10.8 Å². The molecule has 1 amide bonds. The second kappa shape index (κ2) is 6.71. The van der Waals surface area contributed by atoms with Gasteiger partial charge in [0.1, 0.15) is 11.5 Å². The van der Waals surface area contributed by atoms with E-state index >= 15 is 0 Å². The van der Waals surface area contributed by atoms with E-state index in [9.17, 15) is 9.90 Å². The Bertz CT molecular complexity index is 660. The van der Waals surface area contributed by atoms with E-state index in [2.05, 4.69) is 5.32 Å². The van der Waals surface area contributed by atoms with Gasteiger partial charge in [0.2, 0.25) is 5.91 Å². The Hall–Kier alpha value is -2.20. The van der Waals surface area contributed by atoms with Gasteiger partial charge >= 0.3 is 0 Å². The molecule has 0 spiro atoms. The van der Waals surface area contributed by atoms with Crippen LogP contribution in [-0.4, -0.2) is 11.0 Å². The van der Waals surface area contributed by atoms with Gasteiger partial charge in [0, 0.05) is 17.5 Å². The highest BCUT2D eigenvalue weighted by Gasteiger charge is 2.17. The van der Waals surface area contributed by atoms with E-state index < -0.39 is 6.23 Å². The number of ether oxygens (including phenoxy) is 1. The van der Waals surface area contributed by atoms with Crippen molar-refractivity contribution in [2.45, 2.75) is 27.0 Å². The molecule has 22 heavy (non-hydrogen) atoms. The number of aryl methyl sites for hydroxylation is 2. The maximum atomic E-state index is 11.4. The molecule has 1 atom stereocenters. The fourth-order valence-electron chi connectivity index (χ4n) is 2.22. The predicted molar refractivity (Wildman–Crippen MR) is 86.2 cm³/mol. The number of nitrogens with one attached hydrogen (secondary N) is 1. The molecule has 0 aliphatic rings. The summed E-state index contributed by atoms with van der Waals surface area (Å²) in [4.78, 5) is 11.4. The molecule has 0 aliphatic carbocycles. The maximum Gasteiger partial charge on any atom is 0.219 e. The van der Waals surface area contributed by atoms with Crippen LogP contribution in [0.2, 0.25) is 5.02 Å². The molecular weight excluding hydrogens is 302 g/mol. The van der Waals surface area contributed by atoms with Crippen molar-refractivity contribution in [2.24, 2.45) is 0 Å². The number of carbonyl (C=O) groups is 1. The fourth-order valence-corrected chi connectivity index (χ4v) is 2.54. The lowest BCUT2D eigenvalue weighted by molar-refractivity contribution is -0.121. The standard InChI is InChI=1S/C17H18ClNO3/c1-10-8-14(18)9-11(2)16(10)22-17(19-12(3)20)13-4-6-15(21)7-5-13/h4-9,17,21H,1-3H3,(H,19,20). The molecule has 1 unspecified atom stereocenters. The third-order valence-corrected chi connectivity index (χ3v) is 3.41. The van der Waals surface area contributed by atoms with Crippen LogP contribution in [0.15, 0.2) is 36.4 Å². The van der Waals surface area contributed by atoms with E-state index in [0.717, 1.165) is 16.7 Å². The van der Waals surface area contributed by atoms with Crippen molar-refractivity contribution in [2.75, 3.05) is 0 Å². The molecule has 0 fully saturated rings. The average Bonchev–Trinajstić information content (AvgIpc) is 2.42. The van der Waals surface area contributed by atoms with Crippen molar-refractivity contribution in [3.8, 4) is 11.5 Å². The lowest BCUT2D eigenvalue weighted by atomic mass is 10.1. The lowest BCUT2D eigenvalue weighted by Crippen LogP contribution is -2.30. The zero-order valence-electron chi connectivity index (χ0n) is 12.7. The van der Waals surface area contributed by atoms with E-state index in [4.69, 9.17) is 16.3 Å². The van der Waals surface area contributed by atoms with Crippen LogP contribution in [0.25, 0.3) is 0 Å². The smallest absolute Gasteiger partial charge is 0.219 e. The number of aromatic hydroxyl groups is 1. The topological polar surface area (TPSA) is 58.6 Å². The van der Waals surface area contributed by atoms with Gasteiger partial charge in [-0.25, -0.2) is 0 Å². The van der Waals surface area contributed by atoms with Crippen molar-refractivity contribution in [1.29, 1.82) is 0 Å². The van der Waals surface area contributed by atoms with Gasteiger partial charge in [-0.15, -0.1) is 0 Å². The van der Waals surface area contributed by atoms with Crippen LogP contribution in [0.3, 0.4) is 0 Å². The average molecular weight is 320 g/mol. The van der Waals surface area contributed by atoms with Gasteiger partial charge in [0.15, 0.2) is 6.23 Å². The first-order valence-corrected chi connectivity index (χ1v) is 7.24. The van der Waals surface area contributed by atoms with E-state index in [1.807, 2.05) is 26.0 Å². The predicted octanol–water partition coefficient (Wildman–Crippen LogP) is 3.88. The van der Waals surface area contributed by atoms with Gasteiger partial charge in [0.05, 0.1) is 0 Å². The van der Waals surface area contributed by atoms with E-state index in [-0.39, 0.29) is 11.7 Å². The highest BCUT2D eigenvalue weighted by molar-refractivity contribution is 6.30. The molecule has 2 N–H and O–H groups in total. The number of benzene rings is 2. The number of halogens is 1. The molecule has 0 aliphatic heterocycles. The number of phenolic OH excluding ortho intramolecular Hbond substituents is 1. The minimum atomic E-state index is -0.642. The highest BCUT2D eigenvalue weighted by atomic mass is 35.5. The van der Waals surface area contributed by atoms with Crippen molar-refractivity contribution >= 4 is 17.5 Å². The summed E-state index contributed by atoms with van der Waals surface area (Å²) in [5.41, 5.74) is 2.51. The van der Waals surface area contributed by atoms with Gasteiger partial charge in [-0.05, 0) is 61.4 Å². The van der Waals surface area contributed by atoms with Gasteiger partial charge in [-0.1, -0.05) is 11.6 Å². The molecule has 2 aromatic carbocycles. The van der Waals surface area contributed by atoms with Gasteiger partial charge in [0.25, 0.3) is 0 Å². The summed E-state index contributed by atoms with van der Waals surface area (Å²) in [7, 11) is 0. The van der Waals surface area contributed by atoms with Crippen molar-refractivity contribution in [3.05, 3.63) is 58.1 Å². The molecule has 0 saturated heterocycles. The Balaban J connectivity index is 2.35. The molecular formula is C17H18ClNO3. The summed E-state index contributed by atoms with van der Waals surface area (Å²) in [5, 5.41) is 12.8. The second-order valence-corrected chi connectivity index (χ2v) is 5.60. The lowest BCUT2D eigenvalue weighted by Gasteiger charge is -2.22. The summed E-state index contributed by atoms with van der Waals surface area (Å²) in [6.45, 7) is 5.23. The summed E-state index contributed by atoms with van der Waals surface area (Å²) in [6, 6.07) is 10.1. The number of amides is 1. The fraction of sp³-hybridized carbons (Fsp3) is 0.235. The largest absolute Gasteiger partial charge is 0.508 e. The van der Waals surface area contributed by atoms with Crippen LogP contribution in [-0.2, 0) is 4.79 Å². The van der Waals surface area contributed by atoms with Crippen LogP contribution >= 0.6 is 11.6 Å². The number of hydrogen-bond donors (Lipinski definition) is 2. The van der Waals surface area contributed by atoms with Gasteiger partial charge in [-0.3, -0.25) is 4.79 Å². The SMILES string of the molecule is CC(=O)NC(Oc1c(C)cc(Cl)cc1C)c1ccc(O)cc1. The van der Waals surface area contributed by atoms with Crippen molar-refractivity contribution in [1.82, 2.24) is 5.32 Å². The van der Waals surface area contributed by atoms with Crippen LogP contribution in [0.1, 0.15) is 29.8 Å². The quantitative estimate of drug-likeness (QED) is 0.841. The third kappa shape index (κ3) is 3.92. The molecule has 5 heteroatoms. The number of rotatable bonds is 4. The Labute approximate surface area is 134 Å².